The molecule has 0 aromatic heterocycles. The fraction of sp³-hybridized carbons (Fsp3) is 0.423. The maximum atomic E-state index is 12.7. The summed E-state index contributed by atoms with van der Waals surface area (Å²) >= 11 is 0. The molecule has 0 radical (unpaired) electrons. The predicted octanol–water partition coefficient (Wildman–Crippen LogP) is 2.36. The Kier molecular flexibility index (Phi) is 10.5. The van der Waals surface area contributed by atoms with E-state index in [-0.39, 0.29) is 6.42 Å². The van der Waals surface area contributed by atoms with Crippen molar-refractivity contribution >= 4 is 18.0 Å². The number of rotatable bonds is 11. The molecular formula is C26H34N2O8. The first kappa shape index (κ1) is 28.4. The fourth-order valence-electron chi connectivity index (χ4n) is 3.18. The van der Waals surface area contributed by atoms with Gasteiger partial charge in [-0.2, -0.15) is 0 Å². The summed E-state index contributed by atoms with van der Waals surface area (Å²) in [6, 6.07) is 12.3. The summed E-state index contributed by atoms with van der Waals surface area (Å²) in [5.74, 6) is -0.489. The maximum absolute atomic E-state index is 12.7. The highest BCUT2D eigenvalue weighted by atomic mass is 16.6. The Morgan fingerprint density at radius 2 is 1.61 bits per heavy atom. The third kappa shape index (κ3) is 9.10. The molecule has 2 aromatic carbocycles. The second-order valence-corrected chi connectivity index (χ2v) is 8.93. The second kappa shape index (κ2) is 13.3. The third-order valence-corrected chi connectivity index (χ3v) is 4.90. The van der Waals surface area contributed by atoms with Crippen molar-refractivity contribution in [2.24, 2.45) is 0 Å². The monoisotopic (exact) mass is 502 g/mol. The molecule has 2 aromatic rings. The Hall–Kier alpha value is -3.79. The molecule has 0 aliphatic carbocycles. The number of methoxy groups -OCH3 is 2. The van der Waals surface area contributed by atoms with E-state index in [1.165, 1.54) is 14.2 Å². The van der Waals surface area contributed by atoms with Crippen LogP contribution in [0.5, 0.6) is 11.5 Å². The Balaban J connectivity index is 2.14. The van der Waals surface area contributed by atoms with Crippen LogP contribution in [0.2, 0.25) is 0 Å². The van der Waals surface area contributed by atoms with E-state index in [1.807, 2.05) is 30.3 Å². The minimum absolute atomic E-state index is 0.0642. The molecule has 3 N–H and O–H groups in total. The maximum Gasteiger partial charge on any atom is 0.408 e. The van der Waals surface area contributed by atoms with Gasteiger partial charge in [-0.3, -0.25) is 4.79 Å². The summed E-state index contributed by atoms with van der Waals surface area (Å²) < 4.78 is 21.3. The summed E-state index contributed by atoms with van der Waals surface area (Å²) in [6.07, 6.45) is -0.809. The Bertz CT molecular complexity index is 1020. The van der Waals surface area contributed by atoms with E-state index in [2.05, 4.69) is 10.6 Å². The van der Waals surface area contributed by atoms with E-state index < -0.39 is 42.3 Å². The van der Waals surface area contributed by atoms with Gasteiger partial charge in [0.15, 0.2) is 11.5 Å². The average Bonchev–Trinajstić information content (AvgIpc) is 2.84. The van der Waals surface area contributed by atoms with E-state index in [0.29, 0.717) is 23.7 Å². The number of benzene rings is 2. The molecule has 0 heterocycles. The van der Waals surface area contributed by atoms with Crippen LogP contribution in [0.4, 0.5) is 4.79 Å². The quantitative estimate of drug-likeness (QED) is 0.399. The first-order valence-corrected chi connectivity index (χ1v) is 11.4. The summed E-state index contributed by atoms with van der Waals surface area (Å²) in [4.78, 5) is 37.2. The smallest absolute Gasteiger partial charge is 0.408 e. The van der Waals surface area contributed by atoms with Crippen LogP contribution in [0.25, 0.3) is 0 Å². The molecule has 1 unspecified atom stereocenters. The molecule has 36 heavy (non-hydrogen) atoms. The van der Waals surface area contributed by atoms with Gasteiger partial charge in [0.2, 0.25) is 5.91 Å². The van der Waals surface area contributed by atoms with Gasteiger partial charge in [-0.15, -0.1) is 0 Å². The summed E-state index contributed by atoms with van der Waals surface area (Å²) in [7, 11) is 2.72. The van der Waals surface area contributed by atoms with Crippen molar-refractivity contribution in [1.82, 2.24) is 10.6 Å². The van der Waals surface area contributed by atoms with Gasteiger partial charge in [0.05, 0.1) is 20.8 Å². The number of ether oxygens (including phenoxy) is 4. The molecule has 0 bridgehead atoms. The molecule has 2 rings (SSSR count). The molecule has 10 nitrogen and oxygen atoms in total. The highest BCUT2D eigenvalue weighted by Crippen LogP contribution is 2.29. The van der Waals surface area contributed by atoms with Crippen LogP contribution < -0.4 is 20.1 Å². The van der Waals surface area contributed by atoms with Crippen molar-refractivity contribution in [3.8, 4) is 11.5 Å². The van der Waals surface area contributed by atoms with Gasteiger partial charge in [-0.05, 0) is 44.0 Å². The van der Waals surface area contributed by atoms with Crippen LogP contribution in [0.15, 0.2) is 48.5 Å². The van der Waals surface area contributed by atoms with Crippen LogP contribution in [0, 0.1) is 0 Å². The van der Waals surface area contributed by atoms with Crippen molar-refractivity contribution in [1.29, 1.82) is 0 Å². The zero-order valence-electron chi connectivity index (χ0n) is 21.2. The third-order valence-electron chi connectivity index (χ3n) is 4.90. The van der Waals surface area contributed by atoms with Crippen molar-refractivity contribution in [2.45, 2.75) is 51.5 Å². The lowest BCUT2D eigenvalue weighted by molar-refractivity contribution is -0.145. The Labute approximate surface area is 210 Å². The highest BCUT2D eigenvalue weighted by Gasteiger charge is 2.29. The topological polar surface area (TPSA) is 132 Å². The zero-order chi connectivity index (χ0) is 26.7. The van der Waals surface area contributed by atoms with E-state index >= 15 is 0 Å². The van der Waals surface area contributed by atoms with Crippen LogP contribution in [0.3, 0.4) is 0 Å². The number of nitrogens with one attached hydrogen (secondary N) is 2. The minimum atomic E-state index is -1.33. The molecule has 2 atom stereocenters. The Morgan fingerprint density at radius 1 is 0.917 bits per heavy atom. The summed E-state index contributed by atoms with van der Waals surface area (Å²) in [6.45, 7) is 4.62. The number of carbonyl (C=O) groups is 3. The van der Waals surface area contributed by atoms with Crippen molar-refractivity contribution in [3.63, 3.8) is 0 Å². The molecule has 0 saturated carbocycles. The molecule has 196 valence electrons. The largest absolute Gasteiger partial charge is 0.493 e. The lowest BCUT2D eigenvalue weighted by Gasteiger charge is -2.24. The van der Waals surface area contributed by atoms with Gasteiger partial charge < -0.3 is 34.7 Å². The van der Waals surface area contributed by atoms with Crippen LogP contribution in [-0.2, 0) is 32.1 Å². The van der Waals surface area contributed by atoms with E-state index in [0.717, 1.165) is 5.56 Å². The van der Waals surface area contributed by atoms with Gasteiger partial charge in [0.1, 0.15) is 24.3 Å². The van der Waals surface area contributed by atoms with Gasteiger partial charge in [-0.1, -0.05) is 36.4 Å². The fourth-order valence-corrected chi connectivity index (χ4v) is 3.18. The second-order valence-electron chi connectivity index (χ2n) is 8.93. The van der Waals surface area contributed by atoms with Crippen molar-refractivity contribution < 1.29 is 38.4 Å². The molecule has 0 fully saturated rings. The average molecular weight is 503 g/mol. The molecule has 2 amide bonds. The number of carbonyl (C=O) groups excluding carboxylic acids is 3. The predicted molar refractivity (Wildman–Crippen MR) is 132 cm³/mol. The molecule has 0 spiro atoms. The van der Waals surface area contributed by atoms with Gasteiger partial charge in [0.25, 0.3) is 0 Å². The minimum Gasteiger partial charge on any atom is -0.493 e. The standard InChI is InChI=1S/C26H34N2O8/c1-26(2,3)36-25(32)28-20(15-29)23(30)27-19(24(31)34-5)13-18-11-12-21(33-4)22(14-18)35-16-17-9-7-6-8-10-17/h6-12,14,19-20,29H,13,15-16H2,1-5H3,(H,27,30)(H,28,32)/t19?,20-/m0/s1. The van der Waals surface area contributed by atoms with E-state index in [1.54, 1.807) is 39.0 Å². The van der Waals surface area contributed by atoms with Crippen molar-refractivity contribution in [3.05, 3.63) is 59.7 Å². The summed E-state index contributed by atoms with van der Waals surface area (Å²) in [5, 5.41) is 14.4. The first-order chi connectivity index (χ1) is 17.1. The van der Waals surface area contributed by atoms with E-state index in [4.69, 9.17) is 18.9 Å². The molecular weight excluding hydrogens is 468 g/mol. The lowest BCUT2D eigenvalue weighted by atomic mass is 10.0. The van der Waals surface area contributed by atoms with Crippen molar-refractivity contribution in [2.75, 3.05) is 20.8 Å². The van der Waals surface area contributed by atoms with Gasteiger partial charge in [-0.25, -0.2) is 9.59 Å². The number of esters is 1. The number of hydrogen-bond donors (Lipinski definition) is 3. The molecule has 10 heteroatoms. The van der Waals surface area contributed by atoms with Crippen LogP contribution in [0.1, 0.15) is 31.9 Å². The molecule has 0 saturated heterocycles. The summed E-state index contributed by atoms with van der Waals surface area (Å²) in [5.41, 5.74) is 0.844. The molecule has 0 aliphatic rings. The molecule has 0 aliphatic heterocycles. The zero-order valence-corrected chi connectivity index (χ0v) is 21.2. The Morgan fingerprint density at radius 3 is 2.19 bits per heavy atom. The van der Waals surface area contributed by atoms with Gasteiger partial charge >= 0.3 is 12.1 Å². The first-order valence-electron chi connectivity index (χ1n) is 11.4. The number of alkyl carbamates (subject to hydrolysis) is 1. The number of amides is 2. The van der Waals surface area contributed by atoms with Crippen LogP contribution >= 0.6 is 0 Å². The van der Waals surface area contributed by atoms with Crippen LogP contribution in [-0.4, -0.2) is 61.6 Å². The SMILES string of the molecule is COC(=O)C(Cc1ccc(OC)c(OCc2ccccc2)c1)NC(=O)[C@H](CO)NC(=O)OC(C)(C)C. The highest BCUT2D eigenvalue weighted by molar-refractivity contribution is 5.89. The number of hydrogen-bond acceptors (Lipinski definition) is 8. The van der Waals surface area contributed by atoms with Gasteiger partial charge in [0, 0.05) is 6.42 Å². The number of aliphatic hydroxyl groups excluding tert-OH is 1. The normalized spacial score (nSPS) is 12.6. The lowest BCUT2D eigenvalue weighted by Crippen LogP contribution is -2.54. The van der Waals surface area contributed by atoms with E-state index in [9.17, 15) is 19.5 Å². The number of aliphatic hydroxyl groups is 1.